The number of rotatable bonds is 11. The molecule has 2 aromatic rings. The van der Waals surface area contributed by atoms with E-state index in [1.165, 1.54) is 20.3 Å². The molecule has 11 heteroatoms. The monoisotopic (exact) mass is 471 g/mol. The van der Waals surface area contributed by atoms with Crippen molar-refractivity contribution in [2.75, 3.05) is 45.7 Å². The number of esters is 1. The van der Waals surface area contributed by atoms with Crippen molar-refractivity contribution >= 4 is 22.5 Å². The van der Waals surface area contributed by atoms with Crippen LogP contribution in [0.1, 0.15) is 35.2 Å². The number of aliphatic hydroxyl groups is 1. The van der Waals surface area contributed by atoms with E-state index in [9.17, 15) is 18.7 Å². The van der Waals surface area contributed by atoms with Gasteiger partial charge in [0.25, 0.3) is 0 Å². The molecule has 2 N–H and O–H groups in total. The van der Waals surface area contributed by atoms with E-state index in [4.69, 9.17) is 14.2 Å². The first-order chi connectivity index (χ1) is 15.4. The van der Waals surface area contributed by atoms with Crippen LogP contribution in [0.5, 0.6) is 11.6 Å². The second-order valence-corrected chi connectivity index (χ2v) is 8.16. The number of aromatic nitrogens is 1. The van der Waals surface area contributed by atoms with Crippen LogP contribution in [0.4, 0.5) is 13.8 Å². The standard InChI is InChI=1S/C21H27F2N3O5S/c1-29-16-6-5-15(22)14(18(16)23)12-31-19-17(21(28)30-2)20(32-25-19)24-8-3-4-9-26-10-7-13(27)11-26/h5-6,13,24,27H,3-4,7-12H2,1-2H3/t13-/m0/s1. The largest absolute Gasteiger partial charge is 0.494 e. The van der Waals surface area contributed by atoms with E-state index in [-0.39, 0.29) is 28.9 Å². The van der Waals surface area contributed by atoms with Gasteiger partial charge in [-0.05, 0) is 49.5 Å². The van der Waals surface area contributed by atoms with Gasteiger partial charge in [-0.3, -0.25) is 0 Å². The van der Waals surface area contributed by atoms with Gasteiger partial charge in [0.1, 0.15) is 17.4 Å². The summed E-state index contributed by atoms with van der Waals surface area (Å²) in [6.45, 7) is 2.65. The number of likely N-dealkylation sites (tertiary alicyclic amines) is 1. The predicted octanol–water partition coefficient (Wildman–Crippen LogP) is 3.05. The van der Waals surface area contributed by atoms with Gasteiger partial charge in [-0.2, -0.15) is 4.37 Å². The molecule has 3 rings (SSSR count). The number of hydrogen-bond acceptors (Lipinski definition) is 9. The number of methoxy groups -OCH3 is 2. The summed E-state index contributed by atoms with van der Waals surface area (Å²) in [4.78, 5) is 14.5. The zero-order valence-electron chi connectivity index (χ0n) is 18.0. The molecule has 1 aliphatic heterocycles. The fourth-order valence-electron chi connectivity index (χ4n) is 3.46. The van der Waals surface area contributed by atoms with Crippen molar-refractivity contribution in [2.24, 2.45) is 0 Å². The Labute approximate surface area is 189 Å². The van der Waals surface area contributed by atoms with Crippen molar-refractivity contribution in [1.82, 2.24) is 9.27 Å². The Hall–Kier alpha value is -2.50. The summed E-state index contributed by atoms with van der Waals surface area (Å²) in [6.07, 6.45) is 2.37. The van der Waals surface area contributed by atoms with Crippen LogP contribution in [0.3, 0.4) is 0 Å². The minimum atomic E-state index is -0.869. The van der Waals surface area contributed by atoms with Crippen molar-refractivity contribution < 1.29 is 32.9 Å². The van der Waals surface area contributed by atoms with E-state index in [2.05, 4.69) is 14.6 Å². The maximum atomic E-state index is 14.4. The highest BCUT2D eigenvalue weighted by Crippen LogP contribution is 2.33. The van der Waals surface area contributed by atoms with Crippen molar-refractivity contribution in [2.45, 2.75) is 32.0 Å². The quantitative estimate of drug-likeness (QED) is 0.382. The second-order valence-electron chi connectivity index (χ2n) is 7.39. The molecule has 1 saturated heterocycles. The fourth-order valence-corrected chi connectivity index (χ4v) is 4.21. The first kappa shape index (κ1) is 24.1. The van der Waals surface area contributed by atoms with E-state index in [0.29, 0.717) is 18.1 Å². The number of unbranched alkanes of at least 4 members (excludes halogenated alkanes) is 1. The molecular weight excluding hydrogens is 444 g/mol. The lowest BCUT2D eigenvalue weighted by Gasteiger charge is -2.14. The first-order valence-corrected chi connectivity index (χ1v) is 11.1. The van der Waals surface area contributed by atoms with E-state index in [0.717, 1.165) is 50.0 Å². The number of benzene rings is 1. The van der Waals surface area contributed by atoms with Crippen molar-refractivity contribution in [3.63, 3.8) is 0 Å². The number of hydrogen-bond donors (Lipinski definition) is 2. The van der Waals surface area contributed by atoms with E-state index < -0.39 is 24.2 Å². The maximum Gasteiger partial charge on any atom is 0.346 e. The number of nitrogens with zero attached hydrogens (tertiary/aromatic N) is 2. The summed E-state index contributed by atoms with van der Waals surface area (Å²) < 4.78 is 47.7. The van der Waals surface area contributed by atoms with Gasteiger partial charge in [0.15, 0.2) is 17.1 Å². The molecule has 1 fully saturated rings. The van der Waals surface area contributed by atoms with E-state index >= 15 is 0 Å². The van der Waals surface area contributed by atoms with Crippen LogP contribution in [-0.4, -0.2) is 66.9 Å². The summed E-state index contributed by atoms with van der Waals surface area (Å²) in [6, 6.07) is 2.27. The van der Waals surface area contributed by atoms with Gasteiger partial charge in [-0.25, -0.2) is 13.6 Å². The molecule has 0 amide bonds. The predicted molar refractivity (Wildman–Crippen MR) is 115 cm³/mol. The second kappa shape index (κ2) is 11.4. The van der Waals surface area contributed by atoms with Crippen LogP contribution in [0.25, 0.3) is 0 Å². The van der Waals surface area contributed by atoms with Gasteiger partial charge in [0.2, 0.25) is 5.88 Å². The average Bonchev–Trinajstić information content (AvgIpc) is 3.38. The smallest absolute Gasteiger partial charge is 0.346 e. The van der Waals surface area contributed by atoms with Gasteiger partial charge in [0, 0.05) is 19.6 Å². The number of halogens is 2. The SMILES string of the molecule is COC(=O)c1c(OCc2c(F)ccc(OC)c2F)nsc1NCCCCN1CC[C@H](O)C1. The lowest BCUT2D eigenvalue weighted by molar-refractivity contribution is 0.0596. The third-order valence-electron chi connectivity index (χ3n) is 5.21. The molecular formula is C21H27F2N3O5S. The van der Waals surface area contributed by atoms with Crippen molar-refractivity contribution in [3.8, 4) is 11.6 Å². The lowest BCUT2D eigenvalue weighted by Crippen LogP contribution is -2.23. The molecule has 1 aromatic heterocycles. The first-order valence-electron chi connectivity index (χ1n) is 10.3. The zero-order valence-corrected chi connectivity index (χ0v) is 18.8. The van der Waals surface area contributed by atoms with Gasteiger partial charge < -0.3 is 29.5 Å². The zero-order chi connectivity index (χ0) is 23.1. The summed E-state index contributed by atoms with van der Waals surface area (Å²) in [7, 11) is 2.52. The number of carbonyl (C=O) groups is 1. The highest BCUT2D eigenvalue weighted by Gasteiger charge is 2.25. The number of anilines is 1. The Morgan fingerprint density at radius 1 is 1.34 bits per heavy atom. The molecule has 176 valence electrons. The van der Waals surface area contributed by atoms with Gasteiger partial charge in [-0.1, -0.05) is 0 Å². The Balaban J connectivity index is 1.60. The molecule has 1 aromatic carbocycles. The highest BCUT2D eigenvalue weighted by atomic mass is 32.1. The van der Waals surface area contributed by atoms with Crippen LogP contribution in [0.15, 0.2) is 12.1 Å². The van der Waals surface area contributed by atoms with Crippen LogP contribution in [0, 0.1) is 11.6 Å². The highest BCUT2D eigenvalue weighted by molar-refractivity contribution is 7.10. The molecule has 32 heavy (non-hydrogen) atoms. The topological polar surface area (TPSA) is 93.2 Å². The molecule has 0 aliphatic carbocycles. The lowest BCUT2D eigenvalue weighted by atomic mass is 10.2. The number of ether oxygens (including phenoxy) is 3. The Morgan fingerprint density at radius 3 is 2.84 bits per heavy atom. The van der Waals surface area contributed by atoms with Gasteiger partial charge >= 0.3 is 5.97 Å². The maximum absolute atomic E-state index is 14.4. The molecule has 0 saturated carbocycles. The molecule has 2 heterocycles. The van der Waals surface area contributed by atoms with Crippen LogP contribution < -0.4 is 14.8 Å². The van der Waals surface area contributed by atoms with E-state index in [1.54, 1.807) is 0 Å². The van der Waals surface area contributed by atoms with Gasteiger partial charge in [0.05, 0.1) is 25.9 Å². The van der Waals surface area contributed by atoms with E-state index in [1.807, 2.05) is 0 Å². The number of nitrogens with one attached hydrogen (secondary N) is 1. The van der Waals surface area contributed by atoms with Crippen LogP contribution in [0.2, 0.25) is 0 Å². The summed E-state index contributed by atoms with van der Waals surface area (Å²) in [5.41, 5.74) is -0.237. The average molecular weight is 472 g/mol. The molecule has 1 aliphatic rings. The molecule has 0 unspecified atom stereocenters. The van der Waals surface area contributed by atoms with Crippen molar-refractivity contribution in [3.05, 3.63) is 34.9 Å². The number of carbonyl (C=O) groups excluding carboxylic acids is 1. The minimum Gasteiger partial charge on any atom is -0.494 e. The van der Waals surface area contributed by atoms with Crippen molar-refractivity contribution in [1.29, 1.82) is 0 Å². The van der Waals surface area contributed by atoms with Crippen LogP contribution in [-0.2, 0) is 11.3 Å². The molecule has 0 radical (unpaired) electrons. The third kappa shape index (κ3) is 5.84. The molecule has 1 atom stereocenters. The molecule has 0 bridgehead atoms. The Bertz CT molecular complexity index is 927. The third-order valence-corrected chi connectivity index (χ3v) is 6.00. The molecule has 8 nitrogen and oxygen atoms in total. The summed E-state index contributed by atoms with van der Waals surface area (Å²) >= 11 is 1.01. The van der Waals surface area contributed by atoms with Gasteiger partial charge in [-0.15, -0.1) is 0 Å². The number of aliphatic hydroxyl groups excluding tert-OH is 1. The minimum absolute atomic E-state index is 0.0583. The normalized spacial score (nSPS) is 16.2. The number of β-amino-alcohol motifs (C(OH)–C–C–N with tert-alkyl or cyclic N) is 1. The molecule has 0 spiro atoms. The summed E-state index contributed by atoms with van der Waals surface area (Å²) in [5, 5.41) is 13.2. The summed E-state index contributed by atoms with van der Waals surface area (Å²) in [5.74, 6) is -2.48. The van der Waals surface area contributed by atoms with Crippen LogP contribution >= 0.6 is 11.5 Å². The Morgan fingerprint density at radius 2 is 2.16 bits per heavy atom. The Kier molecular flexibility index (Phi) is 8.60. The fraction of sp³-hybridized carbons (Fsp3) is 0.524.